The number of carbonyl (C=O) groups is 2. The van der Waals surface area contributed by atoms with Crippen molar-refractivity contribution in [2.45, 2.75) is 115 Å². The molecule has 7 nitrogen and oxygen atoms in total. The van der Waals surface area contributed by atoms with E-state index in [2.05, 4.69) is 39.6 Å². The molecule has 1 N–H and O–H groups in total. The number of hydrogen-bond acceptors (Lipinski definition) is 7. The van der Waals surface area contributed by atoms with Gasteiger partial charge in [-0.25, -0.2) is 9.59 Å². The summed E-state index contributed by atoms with van der Waals surface area (Å²) >= 11 is 0. The van der Waals surface area contributed by atoms with Crippen LogP contribution in [0.4, 0.5) is 0 Å². The van der Waals surface area contributed by atoms with Crippen LogP contribution in [0.3, 0.4) is 0 Å². The fraction of sp³-hybridized carbons (Fsp3) is 0.704. The lowest BCUT2D eigenvalue weighted by Crippen LogP contribution is -2.60. The maximum Gasteiger partial charge on any atom is 0.339 e. The summed E-state index contributed by atoms with van der Waals surface area (Å²) in [6.45, 7) is 16.3. The summed E-state index contributed by atoms with van der Waals surface area (Å²) in [5.74, 6) is -1.04. The van der Waals surface area contributed by atoms with Gasteiger partial charge in [-0.3, -0.25) is 4.90 Å². The minimum Gasteiger partial charge on any atom is -0.459 e. The standard InChI is InChI=1S/C27H42N2O5/c1-24(2)14-18(15-25(3,4)28(24)9)33-22(30)20-12-10-11-13-21(20)23(31)34-19-16-26(5,6)29(32)27(7,8)17-19/h10-13,18-19,32H,14-17H2,1-9H3. The minimum atomic E-state index is -0.543. The molecule has 190 valence electrons. The topological polar surface area (TPSA) is 79.3 Å². The second kappa shape index (κ2) is 8.92. The van der Waals surface area contributed by atoms with E-state index in [0.29, 0.717) is 12.8 Å². The van der Waals surface area contributed by atoms with E-state index in [1.165, 1.54) is 5.06 Å². The summed E-state index contributed by atoms with van der Waals surface area (Å²) in [6, 6.07) is 6.68. The van der Waals surface area contributed by atoms with Crippen molar-refractivity contribution in [2.75, 3.05) is 7.05 Å². The van der Waals surface area contributed by atoms with Gasteiger partial charge in [-0.05, 0) is 74.6 Å². The Labute approximate surface area is 204 Å². The molecule has 34 heavy (non-hydrogen) atoms. The molecule has 0 aromatic heterocycles. The molecular formula is C27H42N2O5. The highest BCUT2D eigenvalue weighted by Gasteiger charge is 2.47. The molecule has 2 fully saturated rings. The van der Waals surface area contributed by atoms with Crippen molar-refractivity contribution in [1.82, 2.24) is 9.96 Å². The fourth-order valence-electron chi connectivity index (χ4n) is 5.89. The molecule has 0 saturated carbocycles. The quantitative estimate of drug-likeness (QED) is 0.611. The number of rotatable bonds is 4. The van der Waals surface area contributed by atoms with E-state index in [9.17, 15) is 14.8 Å². The van der Waals surface area contributed by atoms with Gasteiger partial charge in [-0.2, -0.15) is 5.06 Å². The van der Waals surface area contributed by atoms with Gasteiger partial charge in [0.1, 0.15) is 12.2 Å². The molecule has 0 atom stereocenters. The summed E-state index contributed by atoms with van der Waals surface area (Å²) in [4.78, 5) is 28.7. The van der Waals surface area contributed by atoms with Crippen molar-refractivity contribution in [3.8, 4) is 0 Å². The van der Waals surface area contributed by atoms with Crippen molar-refractivity contribution >= 4 is 11.9 Å². The summed E-state index contributed by atoms with van der Waals surface area (Å²) in [5, 5.41) is 11.9. The third-order valence-electron chi connectivity index (χ3n) is 7.79. The summed E-state index contributed by atoms with van der Waals surface area (Å²) < 4.78 is 11.8. The Hall–Kier alpha value is -1.96. The molecule has 1 aromatic rings. The van der Waals surface area contributed by atoms with E-state index < -0.39 is 23.0 Å². The third kappa shape index (κ3) is 5.31. The van der Waals surface area contributed by atoms with E-state index in [-0.39, 0.29) is 34.4 Å². The first kappa shape index (κ1) is 26.6. The predicted molar refractivity (Wildman–Crippen MR) is 131 cm³/mol. The summed E-state index contributed by atoms with van der Waals surface area (Å²) in [7, 11) is 2.10. The third-order valence-corrected chi connectivity index (χ3v) is 7.79. The molecule has 0 aliphatic carbocycles. The van der Waals surface area contributed by atoms with Crippen molar-refractivity contribution in [3.63, 3.8) is 0 Å². The zero-order valence-electron chi connectivity index (χ0n) is 22.3. The van der Waals surface area contributed by atoms with Gasteiger partial charge in [0.25, 0.3) is 0 Å². The number of piperidine rings is 2. The predicted octanol–water partition coefficient (Wildman–Crippen LogP) is 5.06. The number of nitrogens with zero attached hydrogens (tertiary/aromatic N) is 2. The molecule has 3 rings (SSSR count). The first-order valence-electron chi connectivity index (χ1n) is 12.2. The molecule has 2 heterocycles. The highest BCUT2D eigenvalue weighted by atomic mass is 16.6. The Morgan fingerprint density at radius 1 is 0.735 bits per heavy atom. The van der Waals surface area contributed by atoms with Crippen molar-refractivity contribution in [3.05, 3.63) is 35.4 Å². The molecule has 2 aliphatic rings. The summed E-state index contributed by atoms with van der Waals surface area (Å²) in [5.41, 5.74) is -0.891. The Balaban J connectivity index is 1.76. The second-order valence-electron chi connectivity index (χ2n) is 12.5. The SMILES string of the molecule is CN1C(C)(C)CC(OC(=O)c2ccccc2C(=O)OC2CC(C)(C)N(O)C(C)(C)C2)CC1(C)C. The van der Waals surface area contributed by atoms with Crippen LogP contribution in [0.15, 0.2) is 24.3 Å². The first-order chi connectivity index (χ1) is 15.5. The molecule has 7 heteroatoms. The zero-order chi connectivity index (χ0) is 25.7. The van der Waals surface area contributed by atoms with Crippen LogP contribution in [0.25, 0.3) is 0 Å². The van der Waals surface area contributed by atoms with E-state index >= 15 is 0 Å². The number of ether oxygens (including phenoxy) is 2. The largest absolute Gasteiger partial charge is 0.459 e. The van der Waals surface area contributed by atoms with Gasteiger partial charge in [0, 0.05) is 47.8 Å². The Morgan fingerprint density at radius 3 is 1.41 bits per heavy atom. The van der Waals surface area contributed by atoms with E-state index in [4.69, 9.17) is 9.47 Å². The van der Waals surface area contributed by atoms with Crippen molar-refractivity contribution in [1.29, 1.82) is 0 Å². The molecule has 0 unspecified atom stereocenters. The Morgan fingerprint density at radius 2 is 1.06 bits per heavy atom. The molecule has 2 saturated heterocycles. The monoisotopic (exact) mass is 474 g/mol. The highest BCUT2D eigenvalue weighted by Crippen LogP contribution is 2.39. The Kier molecular flexibility index (Phi) is 6.99. The van der Waals surface area contributed by atoms with Crippen LogP contribution in [-0.4, -0.2) is 68.5 Å². The van der Waals surface area contributed by atoms with Crippen molar-refractivity contribution < 1.29 is 24.3 Å². The van der Waals surface area contributed by atoms with Crippen LogP contribution >= 0.6 is 0 Å². The lowest BCUT2D eigenvalue weighted by Gasteiger charge is -2.53. The van der Waals surface area contributed by atoms with Crippen LogP contribution in [-0.2, 0) is 9.47 Å². The lowest BCUT2D eigenvalue weighted by molar-refractivity contribution is -0.256. The highest BCUT2D eigenvalue weighted by molar-refractivity contribution is 6.03. The van der Waals surface area contributed by atoms with E-state index in [1.54, 1.807) is 24.3 Å². The average molecular weight is 475 g/mol. The van der Waals surface area contributed by atoms with Gasteiger partial charge in [0.15, 0.2) is 0 Å². The molecular weight excluding hydrogens is 432 g/mol. The fourth-order valence-corrected chi connectivity index (χ4v) is 5.89. The Bertz CT molecular complexity index is 826. The van der Waals surface area contributed by atoms with E-state index in [0.717, 1.165) is 12.8 Å². The smallest absolute Gasteiger partial charge is 0.339 e. The van der Waals surface area contributed by atoms with Crippen LogP contribution < -0.4 is 0 Å². The molecule has 2 aliphatic heterocycles. The minimum absolute atomic E-state index is 0.119. The molecule has 0 radical (unpaired) electrons. The molecule has 0 bridgehead atoms. The van der Waals surface area contributed by atoms with Crippen LogP contribution in [0, 0.1) is 0 Å². The first-order valence-corrected chi connectivity index (χ1v) is 12.2. The van der Waals surface area contributed by atoms with Gasteiger partial charge in [0.05, 0.1) is 11.1 Å². The van der Waals surface area contributed by atoms with Crippen molar-refractivity contribution in [2.24, 2.45) is 0 Å². The van der Waals surface area contributed by atoms with Gasteiger partial charge >= 0.3 is 11.9 Å². The van der Waals surface area contributed by atoms with Crippen LogP contribution in [0.5, 0.6) is 0 Å². The molecule has 0 amide bonds. The maximum absolute atomic E-state index is 13.2. The molecule has 0 spiro atoms. The van der Waals surface area contributed by atoms with Gasteiger partial charge in [-0.15, -0.1) is 0 Å². The number of likely N-dealkylation sites (tertiary alicyclic amines) is 1. The van der Waals surface area contributed by atoms with Crippen LogP contribution in [0.1, 0.15) is 102 Å². The number of esters is 2. The second-order valence-corrected chi connectivity index (χ2v) is 12.5. The van der Waals surface area contributed by atoms with Gasteiger partial charge in [0.2, 0.25) is 0 Å². The summed E-state index contributed by atoms with van der Waals surface area (Å²) in [6.07, 6.45) is 1.80. The zero-order valence-corrected chi connectivity index (χ0v) is 22.3. The average Bonchev–Trinajstić information content (AvgIpc) is 2.69. The lowest BCUT2D eigenvalue weighted by atomic mass is 9.78. The van der Waals surface area contributed by atoms with E-state index in [1.807, 2.05) is 27.7 Å². The normalized spacial score (nSPS) is 25.0. The maximum atomic E-state index is 13.2. The number of hydroxylamine groups is 2. The number of carbonyl (C=O) groups excluding carboxylic acids is 2. The number of benzene rings is 1. The molecule has 1 aromatic carbocycles. The number of hydrogen-bond donors (Lipinski definition) is 1. The van der Waals surface area contributed by atoms with Gasteiger partial charge < -0.3 is 14.7 Å². The van der Waals surface area contributed by atoms with Crippen LogP contribution in [0.2, 0.25) is 0 Å². The van der Waals surface area contributed by atoms with Gasteiger partial charge in [-0.1, -0.05) is 12.1 Å².